The largest absolute Gasteiger partial charge is 0.338 e. The van der Waals surface area contributed by atoms with Crippen LogP contribution in [-0.4, -0.2) is 35.8 Å². The van der Waals surface area contributed by atoms with E-state index in [4.69, 9.17) is 5.73 Å². The fraction of sp³-hybridized carbons (Fsp3) is 0.455. The average molecular weight is 396 g/mol. The number of hydrogen-bond donors (Lipinski definition) is 2. The minimum atomic E-state index is -0.147. The molecule has 1 aromatic heterocycles. The molecule has 146 valence electrons. The van der Waals surface area contributed by atoms with Gasteiger partial charge in [0.15, 0.2) is 0 Å². The summed E-state index contributed by atoms with van der Waals surface area (Å²) < 4.78 is 0. The third kappa shape index (κ3) is 3.05. The fourth-order valence-electron chi connectivity index (χ4n) is 5.11. The lowest BCUT2D eigenvalue weighted by molar-refractivity contribution is 0.0781. The molecule has 1 aromatic carbocycles. The van der Waals surface area contributed by atoms with Crippen LogP contribution in [0.5, 0.6) is 0 Å². The molecule has 0 spiro atoms. The van der Waals surface area contributed by atoms with E-state index >= 15 is 0 Å². The molecule has 2 aromatic rings. The summed E-state index contributed by atoms with van der Waals surface area (Å²) in [6.07, 6.45) is 5.48. The number of rotatable bonds is 3. The van der Waals surface area contributed by atoms with Crippen LogP contribution >= 0.6 is 11.3 Å². The van der Waals surface area contributed by atoms with Crippen molar-refractivity contribution < 1.29 is 9.59 Å². The van der Waals surface area contributed by atoms with E-state index in [1.807, 2.05) is 28.5 Å². The van der Waals surface area contributed by atoms with Crippen molar-refractivity contribution in [2.45, 2.75) is 38.1 Å². The zero-order valence-electron chi connectivity index (χ0n) is 15.8. The Morgan fingerprint density at radius 3 is 2.82 bits per heavy atom. The average Bonchev–Trinajstić information content (AvgIpc) is 3.46. The number of thiophene rings is 1. The summed E-state index contributed by atoms with van der Waals surface area (Å²) >= 11 is 1.40. The van der Waals surface area contributed by atoms with Gasteiger partial charge in [-0.2, -0.15) is 0 Å². The third-order valence-electron chi connectivity index (χ3n) is 6.68. The summed E-state index contributed by atoms with van der Waals surface area (Å²) in [6, 6.07) is 7.97. The molecule has 5 nitrogen and oxygen atoms in total. The lowest BCUT2D eigenvalue weighted by atomic mass is 9.98. The van der Waals surface area contributed by atoms with E-state index in [0.717, 1.165) is 45.2 Å². The van der Waals surface area contributed by atoms with Gasteiger partial charge in [-0.25, -0.2) is 0 Å². The first-order chi connectivity index (χ1) is 13.6. The number of carbonyl (C=O) groups is 2. The van der Waals surface area contributed by atoms with Crippen LogP contribution in [0.2, 0.25) is 0 Å². The molecule has 2 amide bonds. The maximum Gasteiger partial charge on any atom is 0.256 e. The lowest BCUT2D eigenvalue weighted by Crippen LogP contribution is -2.33. The summed E-state index contributed by atoms with van der Waals surface area (Å²) in [7, 11) is 0. The number of nitrogens with two attached hydrogens (primary N) is 1. The second-order valence-electron chi connectivity index (χ2n) is 8.33. The number of aryl methyl sites for hydroxylation is 2. The molecule has 2 heterocycles. The number of fused-ring (bicyclic) bond motifs is 2. The van der Waals surface area contributed by atoms with Crippen LogP contribution in [0.1, 0.15) is 51.1 Å². The maximum atomic E-state index is 13.1. The summed E-state index contributed by atoms with van der Waals surface area (Å²) in [5.74, 6) is 0.813. The first kappa shape index (κ1) is 17.9. The van der Waals surface area contributed by atoms with E-state index in [9.17, 15) is 9.59 Å². The zero-order chi connectivity index (χ0) is 19.3. The molecule has 0 radical (unpaired) electrons. The van der Waals surface area contributed by atoms with Crippen LogP contribution in [0.3, 0.4) is 0 Å². The molecule has 3 unspecified atom stereocenters. The normalized spacial score (nSPS) is 25.6. The minimum Gasteiger partial charge on any atom is -0.338 e. The number of hydrogen-bond acceptors (Lipinski definition) is 4. The van der Waals surface area contributed by atoms with Crippen LogP contribution in [0.25, 0.3) is 0 Å². The predicted octanol–water partition coefficient (Wildman–Crippen LogP) is 3.30. The smallest absolute Gasteiger partial charge is 0.256 e. The standard InChI is InChI=1S/C22H25N3O2S/c23-19-7-6-16-11-25(12-18(16)19)22(27)17-8-9-28-21(17)24-20(26)15-5-4-13-2-1-3-14(13)10-15/h4-5,8-10,16,18-19H,1-3,6-7,11-12,23H2,(H,24,26). The van der Waals surface area contributed by atoms with Gasteiger partial charge in [0.25, 0.3) is 11.8 Å². The monoisotopic (exact) mass is 395 g/mol. The second-order valence-corrected chi connectivity index (χ2v) is 9.25. The van der Waals surface area contributed by atoms with E-state index in [-0.39, 0.29) is 17.9 Å². The van der Waals surface area contributed by atoms with Crippen molar-refractivity contribution in [3.63, 3.8) is 0 Å². The molecule has 3 N–H and O–H groups in total. The molecule has 3 aliphatic rings. The molecule has 3 atom stereocenters. The Morgan fingerprint density at radius 2 is 1.96 bits per heavy atom. The highest BCUT2D eigenvalue weighted by Gasteiger charge is 2.43. The summed E-state index contributed by atoms with van der Waals surface area (Å²) in [5.41, 5.74) is 10.1. The SMILES string of the molecule is NC1CCC2CN(C(=O)c3ccsc3NC(=O)c3ccc4c(c3)CCC4)CC12. The molecule has 6 heteroatoms. The van der Waals surface area contributed by atoms with Gasteiger partial charge in [-0.05, 0) is 78.6 Å². The van der Waals surface area contributed by atoms with E-state index in [1.165, 1.54) is 22.5 Å². The molecule has 0 bridgehead atoms. The highest BCUT2D eigenvalue weighted by molar-refractivity contribution is 7.14. The van der Waals surface area contributed by atoms with Crippen molar-refractivity contribution in [3.05, 3.63) is 51.9 Å². The molecule has 2 fully saturated rings. The summed E-state index contributed by atoms with van der Waals surface area (Å²) in [4.78, 5) is 27.8. The van der Waals surface area contributed by atoms with Crippen molar-refractivity contribution >= 4 is 28.2 Å². The van der Waals surface area contributed by atoms with Crippen LogP contribution in [0.4, 0.5) is 5.00 Å². The third-order valence-corrected chi connectivity index (χ3v) is 7.51. The van der Waals surface area contributed by atoms with Crippen LogP contribution < -0.4 is 11.1 Å². The first-order valence-electron chi connectivity index (χ1n) is 10.2. The number of benzene rings is 1. The second kappa shape index (κ2) is 7.01. The fourth-order valence-corrected chi connectivity index (χ4v) is 5.88. The van der Waals surface area contributed by atoms with E-state index in [2.05, 4.69) is 11.4 Å². The highest BCUT2D eigenvalue weighted by Crippen LogP contribution is 2.38. The Balaban J connectivity index is 1.31. The molecule has 2 aliphatic carbocycles. The van der Waals surface area contributed by atoms with Crippen LogP contribution in [0, 0.1) is 11.8 Å². The molecular formula is C22H25N3O2S. The molecule has 28 heavy (non-hydrogen) atoms. The van der Waals surface area contributed by atoms with Crippen molar-refractivity contribution in [2.24, 2.45) is 17.6 Å². The Labute approximate surface area is 168 Å². The lowest BCUT2D eigenvalue weighted by Gasteiger charge is -2.19. The van der Waals surface area contributed by atoms with Gasteiger partial charge >= 0.3 is 0 Å². The van der Waals surface area contributed by atoms with Crippen molar-refractivity contribution in [1.82, 2.24) is 4.90 Å². The quantitative estimate of drug-likeness (QED) is 0.837. The number of nitrogens with zero attached hydrogens (tertiary/aromatic N) is 1. The highest BCUT2D eigenvalue weighted by atomic mass is 32.1. The summed E-state index contributed by atoms with van der Waals surface area (Å²) in [6.45, 7) is 1.52. The van der Waals surface area contributed by atoms with Crippen molar-refractivity contribution in [2.75, 3.05) is 18.4 Å². The zero-order valence-corrected chi connectivity index (χ0v) is 16.6. The van der Waals surface area contributed by atoms with E-state index < -0.39 is 0 Å². The Hall–Kier alpha value is -2.18. The Bertz CT molecular complexity index is 938. The van der Waals surface area contributed by atoms with Gasteiger partial charge < -0.3 is 16.0 Å². The van der Waals surface area contributed by atoms with Crippen molar-refractivity contribution in [3.8, 4) is 0 Å². The minimum absolute atomic E-state index is 0.00658. The molecular weight excluding hydrogens is 370 g/mol. The van der Waals surface area contributed by atoms with Gasteiger partial charge in [-0.1, -0.05) is 6.07 Å². The van der Waals surface area contributed by atoms with E-state index in [0.29, 0.717) is 28.0 Å². The van der Waals surface area contributed by atoms with Gasteiger partial charge in [0.05, 0.1) is 5.56 Å². The summed E-state index contributed by atoms with van der Waals surface area (Å²) in [5, 5.41) is 5.47. The maximum absolute atomic E-state index is 13.1. The molecule has 1 saturated heterocycles. The number of anilines is 1. The van der Waals surface area contributed by atoms with Gasteiger partial charge in [0.2, 0.25) is 0 Å². The number of likely N-dealkylation sites (tertiary alicyclic amines) is 1. The Morgan fingerprint density at radius 1 is 1.11 bits per heavy atom. The Kier molecular flexibility index (Phi) is 4.48. The predicted molar refractivity (Wildman–Crippen MR) is 111 cm³/mol. The van der Waals surface area contributed by atoms with E-state index in [1.54, 1.807) is 0 Å². The number of nitrogens with one attached hydrogen (secondary N) is 1. The molecule has 5 rings (SSSR count). The van der Waals surface area contributed by atoms with Crippen LogP contribution in [0.15, 0.2) is 29.6 Å². The molecule has 1 saturated carbocycles. The van der Waals surface area contributed by atoms with Gasteiger partial charge in [-0.3, -0.25) is 9.59 Å². The molecule has 1 aliphatic heterocycles. The van der Waals surface area contributed by atoms with Gasteiger partial charge in [-0.15, -0.1) is 11.3 Å². The van der Waals surface area contributed by atoms with Gasteiger partial charge in [0.1, 0.15) is 5.00 Å². The first-order valence-corrected chi connectivity index (χ1v) is 11.0. The van der Waals surface area contributed by atoms with Gasteiger partial charge in [0, 0.05) is 24.7 Å². The van der Waals surface area contributed by atoms with Crippen LogP contribution in [-0.2, 0) is 12.8 Å². The number of amides is 2. The topological polar surface area (TPSA) is 75.4 Å². The number of carbonyl (C=O) groups excluding carboxylic acids is 2. The van der Waals surface area contributed by atoms with Crippen molar-refractivity contribution in [1.29, 1.82) is 0 Å².